The molecular formula is C13H26N2O4S. The highest BCUT2D eigenvalue weighted by atomic mass is 32.2. The number of amides is 2. The first-order chi connectivity index (χ1) is 9.22. The number of aliphatic carboxylic acids is 1. The highest BCUT2D eigenvalue weighted by molar-refractivity contribution is 7.84. The Labute approximate surface area is 123 Å². The van der Waals surface area contributed by atoms with Gasteiger partial charge in [-0.3, -0.25) is 9.00 Å². The molecule has 3 atom stereocenters. The van der Waals surface area contributed by atoms with Gasteiger partial charge in [0.2, 0.25) is 0 Å². The third-order valence-electron chi connectivity index (χ3n) is 2.94. The monoisotopic (exact) mass is 306 g/mol. The smallest absolute Gasteiger partial charge is 0.314 e. The first-order valence-corrected chi connectivity index (χ1v) is 8.40. The number of carboxylic acid groups (broad SMARTS) is 1. The lowest BCUT2D eigenvalue weighted by Crippen LogP contribution is -2.42. The molecule has 0 aliphatic heterocycles. The van der Waals surface area contributed by atoms with E-state index < -0.39 is 16.8 Å². The highest BCUT2D eigenvalue weighted by Gasteiger charge is 2.16. The first kappa shape index (κ1) is 18.9. The Morgan fingerprint density at radius 2 is 1.70 bits per heavy atom. The summed E-state index contributed by atoms with van der Waals surface area (Å²) >= 11 is 0. The number of urea groups is 1. The Balaban J connectivity index is 4.09. The summed E-state index contributed by atoms with van der Waals surface area (Å²) in [5, 5.41) is 14.0. The predicted octanol–water partition coefficient (Wildman–Crippen LogP) is 1.19. The lowest BCUT2D eigenvalue weighted by molar-refractivity contribution is -0.138. The molecule has 3 unspecified atom stereocenters. The largest absolute Gasteiger partial charge is 0.481 e. The number of carbonyl (C=O) groups is 2. The van der Waals surface area contributed by atoms with E-state index in [0.29, 0.717) is 19.0 Å². The molecule has 3 N–H and O–H groups in total. The van der Waals surface area contributed by atoms with E-state index in [1.807, 2.05) is 13.8 Å². The van der Waals surface area contributed by atoms with Gasteiger partial charge in [0.25, 0.3) is 0 Å². The molecule has 6 nitrogen and oxygen atoms in total. The summed E-state index contributed by atoms with van der Waals surface area (Å²) in [6, 6.07) is -0.346. The van der Waals surface area contributed by atoms with Crippen LogP contribution in [0.25, 0.3) is 0 Å². The average molecular weight is 306 g/mol. The molecule has 0 radical (unpaired) electrons. The molecule has 0 saturated heterocycles. The number of hydrogen-bond donors (Lipinski definition) is 3. The van der Waals surface area contributed by atoms with Crippen LogP contribution in [0, 0.1) is 11.8 Å². The molecule has 0 aliphatic rings. The van der Waals surface area contributed by atoms with E-state index in [-0.39, 0.29) is 23.6 Å². The third kappa shape index (κ3) is 9.77. The van der Waals surface area contributed by atoms with Crippen LogP contribution in [0.5, 0.6) is 0 Å². The van der Waals surface area contributed by atoms with Crippen LogP contribution in [0.15, 0.2) is 0 Å². The molecule has 0 aliphatic carbocycles. The van der Waals surface area contributed by atoms with Gasteiger partial charge >= 0.3 is 12.0 Å². The molecule has 0 aromatic rings. The van der Waals surface area contributed by atoms with Gasteiger partial charge in [-0.15, -0.1) is 0 Å². The summed E-state index contributed by atoms with van der Waals surface area (Å²) in [4.78, 5) is 22.3. The van der Waals surface area contributed by atoms with Gasteiger partial charge in [-0.25, -0.2) is 4.79 Å². The Hall–Kier alpha value is -1.11. The number of carbonyl (C=O) groups excluding carboxylic acids is 1. The molecule has 7 heteroatoms. The summed E-state index contributed by atoms with van der Waals surface area (Å²) in [5.74, 6) is -0.546. The van der Waals surface area contributed by atoms with Crippen LogP contribution in [0.2, 0.25) is 0 Å². The maximum atomic E-state index is 11.6. The molecule has 0 rings (SSSR count). The zero-order chi connectivity index (χ0) is 15.7. The normalized spacial score (nSPS) is 15.4. The van der Waals surface area contributed by atoms with Gasteiger partial charge in [-0.05, 0) is 25.2 Å². The van der Waals surface area contributed by atoms with Gasteiger partial charge in [-0.2, -0.15) is 0 Å². The van der Waals surface area contributed by atoms with E-state index in [2.05, 4.69) is 10.6 Å². The van der Waals surface area contributed by atoms with Crippen molar-refractivity contribution < 1.29 is 18.9 Å². The molecule has 0 saturated carbocycles. The fourth-order valence-electron chi connectivity index (χ4n) is 1.81. The van der Waals surface area contributed by atoms with Crippen LogP contribution >= 0.6 is 0 Å². The fraction of sp³-hybridized carbons (Fsp3) is 0.846. The van der Waals surface area contributed by atoms with E-state index in [1.165, 1.54) is 0 Å². The van der Waals surface area contributed by atoms with Crippen molar-refractivity contribution in [3.8, 4) is 0 Å². The van der Waals surface area contributed by atoms with Gasteiger partial charge in [0, 0.05) is 41.8 Å². The van der Waals surface area contributed by atoms with Crippen LogP contribution in [0.3, 0.4) is 0 Å². The van der Waals surface area contributed by atoms with E-state index in [9.17, 15) is 13.8 Å². The van der Waals surface area contributed by atoms with Crippen molar-refractivity contribution in [1.29, 1.82) is 0 Å². The van der Waals surface area contributed by atoms with Crippen LogP contribution < -0.4 is 10.6 Å². The maximum Gasteiger partial charge on any atom is 0.314 e. The van der Waals surface area contributed by atoms with Gasteiger partial charge in [0.1, 0.15) is 0 Å². The maximum absolute atomic E-state index is 11.6. The predicted molar refractivity (Wildman–Crippen MR) is 80.1 cm³/mol. The van der Waals surface area contributed by atoms with Gasteiger partial charge in [0.15, 0.2) is 0 Å². The zero-order valence-electron chi connectivity index (χ0n) is 12.6. The molecule has 0 heterocycles. The standard InChI is InChI=1S/C13H26N2O4S/c1-9(2)5-11(6-12(16)17)8-15-13(18)14-7-10(3)20(4)19/h9-11H,5-8H2,1-4H3,(H,16,17)(H2,14,15,18). The zero-order valence-corrected chi connectivity index (χ0v) is 13.5. The Morgan fingerprint density at radius 1 is 1.15 bits per heavy atom. The van der Waals surface area contributed by atoms with Crippen molar-refractivity contribution in [2.75, 3.05) is 19.3 Å². The third-order valence-corrected chi connectivity index (χ3v) is 4.24. The van der Waals surface area contributed by atoms with Gasteiger partial charge in [0.05, 0.1) is 0 Å². The average Bonchev–Trinajstić information content (AvgIpc) is 2.31. The van der Waals surface area contributed by atoms with E-state index in [4.69, 9.17) is 5.11 Å². The minimum Gasteiger partial charge on any atom is -0.481 e. The van der Waals surface area contributed by atoms with Crippen LogP contribution in [-0.2, 0) is 15.6 Å². The number of carboxylic acids is 1. The van der Waals surface area contributed by atoms with Crippen molar-refractivity contribution in [3.05, 3.63) is 0 Å². The van der Waals surface area contributed by atoms with E-state index in [0.717, 1.165) is 6.42 Å². The summed E-state index contributed by atoms with van der Waals surface area (Å²) < 4.78 is 11.1. The Morgan fingerprint density at radius 3 is 2.15 bits per heavy atom. The Bertz CT molecular complexity index is 347. The summed E-state index contributed by atoms with van der Waals surface area (Å²) in [7, 11) is -0.975. The van der Waals surface area contributed by atoms with Gasteiger partial charge in [-0.1, -0.05) is 13.8 Å². The highest BCUT2D eigenvalue weighted by Crippen LogP contribution is 2.14. The quantitative estimate of drug-likeness (QED) is 0.596. The number of rotatable bonds is 9. The summed E-state index contributed by atoms with van der Waals surface area (Å²) in [6.45, 7) is 6.51. The topological polar surface area (TPSA) is 95.5 Å². The van der Waals surface area contributed by atoms with Crippen molar-refractivity contribution in [1.82, 2.24) is 10.6 Å². The molecule has 0 aromatic heterocycles. The SMILES string of the molecule is CC(C)CC(CNC(=O)NCC(C)S(C)=O)CC(=O)O. The lowest BCUT2D eigenvalue weighted by atomic mass is 9.94. The second-order valence-electron chi connectivity index (χ2n) is 5.49. The van der Waals surface area contributed by atoms with Crippen molar-refractivity contribution in [2.45, 2.75) is 38.9 Å². The van der Waals surface area contributed by atoms with Crippen LogP contribution in [0.1, 0.15) is 33.6 Å². The molecule has 118 valence electrons. The summed E-state index contributed by atoms with van der Waals surface area (Å²) in [5.41, 5.74) is 0. The lowest BCUT2D eigenvalue weighted by Gasteiger charge is -2.18. The first-order valence-electron chi connectivity index (χ1n) is 6.78. The van der Waals surface area contributed by atoms with Crippen molar-refractivity contribution in [3.63, 3.8) is 0 Å². The molecule has 0 fully saturated rings. The minimum atomic E-state index is -0.975. The molecule has 2 amide bonds. The molecule has 0 spiro atoms. The minimum absolute atomic E-state index is 0.0494. The molecular weight excluding hydrogens is 280 g/mol. The molecule has 20 heavy (non-hydrogen) atoms. The Kier molecular flexibility index (Phi) is 9.20. The summed E-state index contributed by atoms with van der Waals surface area (Å²) in [6.07, 6.45) is 2.39. The van der Waals surface area contributed by atoms with Crippen molar-refractivity contribution >= 4 is 22.8 Å². The number of nitrogens with one attached hydrogen (secondary N) is 2. The molecule has 0 bridgehead atoms. The van der Waals surface area contributed by atoms with E-state index in [1.54, 1.807) is 13.2 Å². The second kappa shape index (κ2) is 9.74. The van der Waals surface area contributed by atoms with Crippen LogP contribution in [0.4, 0.5) is 4.79 Å². The molecule has 0 aromatic carbocycles. The second-order valence-corrected chi connectivity index (χ2v) is 7.30. The van der Waals surface area contributed by atoms with Crippen molar-refractivity contribution in [2.24, 2.45) is 11.8 Å². The fourth-order valence-corrected chi connectivity index (χ4v) is 2.12. The van der Waals surface area contributed by atoms with Crippen LogP contribution in [-0.4, -0.2) is 45.9 Å². The van der Waals surface area contributed by atoms with E-state index >= 15 is 0 Å². The van der Waals surface area contributed by atoms with Gasteiger partial charge < -0.3 is 15.7 Å². The number of hydrogen-bond acceptors (Lipinski definition) is 3.